The highest BCUT2D eigenvalue weighted by Gasteiger charge is 2.22. The summed E-state index contributed by atoms with van der Waals surface area (Å²) in [4.78, 5) is 33.5. The van der Waals surface area contributed by atoms with Crippen LogP contribution in [0.1, 0.15) is 24.2 Å². The Kier molecular flexibility index (Phi) is 5.23. The van der Waals surface area contributed by atoms with Crippen LogP contribution in [0, 0.1) is 11.7 Å². The maximum atomic E-state index is 13.6. The quantitative estimate of drug-likeness (QED) is 0.651. The molecular weight excluding hydrogens is 281 g/mol. The third kappa shape index (κ3) is 4.44. The van der Waals surface area contributed by atoms with Gasteiger partial charge in [0, 0.05) is 0 Å². The van der Waals surface area contributed by atoms with Gasteiger partial charge < -0.3 is 21.5 Å². The zero-order chi connectivity index (χ0) is 16.2. The molecule has 0 aliphatic rings. The highest BCUT2D eigenvalue weighted by molar-refractivity contribution is 5.94. The van der Waals surface area contributed by atoms with Crippen molar-refractivity contribution < 1.29 is 23.9 Å². The van der Waals surface area contributed by atoms with Crippen LogP contribution in [0.3, 0.4) is 0 Å². The summed E-state index contributed by atoms with van der Waals surface area (Å²) in [5.74, 6) is -3.11. The molecule has 0 fully saturated rings. The van der Waals surface area contributed by atoms with Crippen molar-refractivity contribution in [2.75, 3.05) is 5.32 Å². The van der Waals surface area contributed by atoms with Crippen molar-refractivity contribution in [2.24, 2.45) is 11.7 Å². The number of benzene rings is 1. The van der Waals surface area contributed by atoms with Gasteiger partial charge >= 0.3 is 12.0 Å². The van der Waals surface area contributed by atoms with Crippen molar-refractivity contribution in [3.63, 3.8) is 0 Å². The molecule has 1 atom stereocenters. The second-order valence-electron chi connectivity index (χ2n) is 4.72. The Labute approximate surface area is 120 Å². The normalized spacial score (nSPS) is 11.8. The van der Waals surface area contributed by atoms with Crippen molar-refractivity contribution in [2.45, 2.75) is 19.9 Å². The van der Waals surface area contributed by atoms with E-state index in [1.54, 1.807) is 13.8 Å². The van der Waals surface area contributed by atoms with Gasteiger partial charge in [-0.3, -0.25) is 4.79 Å². The summed E-state index contributed by atoms with van der Waals surface area (Å²) in [5, 5.41) is 13.2. The number of urea groups is 1. The molecule has 8 heteroatoms. The Bertz CT molecular complexity index is 575. The number of halogens is 1. The maximum absolute atomic E-state index is 13.6. The fraction of sp³-hybridized carbons (Fsp3) is 0.308. The lowest BCUT2D eigenvalue weighted by molar-refractivity contribution is -0.120. The van der Waals surface area contributed by atoms with Crippen LogP contribution in [0.2, 0.25) is 0 Å². The molecule has 3 amide bonds. The third-order valence-electron chi connectivity index (χ3n) is 2.72. The molecule has 0 saturated carbocycles. The first-order valence-electron chi connectivity index (χ1n) is 6.12. The van der Waals surface area contributed by atoms with E-state index >= 15 is 0 Å². The summed E-state index contributed by atoms with van der Waals surface area (Å²) in [6.07, 6.45) is 0. The van der Waals surface area contributed by atoms with E-state index in [1.165, 1.54) is 0 Å². The number of primary amides is 1. The van der Waals surface area contributed by atoms with Crippen LogP contribution in [0.25, 0.3) is 0 Å². The number of carboxylic acid groups (broad SMARTS) is 1. The second kappa shape index (κ2) is 6.69. The molecule has 7 nitrogen and oxygen atoms in total. The fourth-order valence-corrected chi connectivity index (χ4v) is 1.62. The number of nitrogens with two attached hydrogens (primary N) is 1. The van der Waals surface area contributed by atoms with Gasteiger partial charge in [0.25, 0.3) is 0 Å². The van der Waals surface area contributed by atoms with Crippen LogP contribution in [0.15, 0.2) is 18.2 Å². The van der Waals surface area contributed by atoms with Gasteiger partial charge in [0.1, 0.15) is 11.9 Å². The molecule has 0 radical (unpaired) electrons. The lowest BCUT2D eigenvalue weighted by Gasteiger charge is -2.19. The molecule has 1 aromatic carbocycles. The molecular formula is C13H16FN3O4. The van der Waals surface area contributed by atoms with E-state index in [0.29, 0.717) is 0 Å². The number of carboxylic acids is 1. The fourth-order valence-electron chi connectivity index (χ4n) is 1.62. The van der Waals surface area contributed by atoms with Crippen molar-refractivity contribution in [1.29, 1.82) is 0 Å². The predicted molar refractivity (Wildman–Crippen MR) is 73.3 cm³/mol. The summed E-state index contributed by atoms with van der Waals surface area (Å²) in [5.41, 5.74) is 4.70. The molecule has 0 aliphatic carbocycles. The van der Waals surface area contributed by atoms with E-state index in [0.717, 1.165) is 18.2 Å². The third-order valence-corrected chi connectivity index (χ3v) is 2.72. The Morgan fingerprint density at radius 3 is 2.33 bits per heavy atom. The Morgan fingerprint density at radius 1 is 1.29 bits per heavy atom. The molecule has 1 unspecified atom stereocenters. The van der Waals surface area contributed by atoms with Gasteiger partial charge in [0.05, 0.1) is 11.3 Å². The maximum Gasteiger partial charge on any atom is 0.335 e. The number of nitrogens with one attached hydrogen (secondary N) is 2. The van der Waals surface area contributed by atoms with E-state index < -0.39 is 29.8 Å². The molecule has 0 spiro atoms. The van der Waals surface area contributed by atoms with E-state index in [1.807, 2.05) is 0 Å². The summed E-state index contributed by atoms with van der Waals surface area (Å²) in [6, 6.07) is 1.34. The molecule has 0 heterocycles. The zero-order valence-electron chi connectivity index (χ0n) is 11.5. The highest BCUT2D eigenvalue weighted by atomic mass is 19.1. The van der Waals surface area contributed by atoms with Gasteiger partial charge in [0.15, 0.2) is 0 Å². The van der Waals surface area contributed by atoms with Gasteiger partial charge in [-0.25, -0.2) is 14.0 Å². The van der Waals surface area contributed by atoms with Crippen molar-refractivity contribution in [1.82, 2.24) is 5.32 Å². The zero-order valence-corrected chi connectivity index (χ0v) is 11.5. The van der Waals surface area contributed by atoms with Crippen LogP contribution in [-0.4, -0.2) is 29.1 Å². The topological polar surface area (TPSA) is 122 Å². The second-order valence-corrected chi connectivity index (χ2v) is 4.72. The Morgan fingerprint density at radius 2 is 1.90 bits per heavy atom. The number of rotatable bonds is 5. The number of carbonyl (C=O) groups is 3. The summed E-state index contributed by atoms with van der Waals surface area (Å²) >= 11 is 0. The lowest BCUT2D eigenvalue weighted by Crippen LogP contribution is -2.49. The standard InChI is InChI=1S/C13H16FN3O4/c1-6(2)10(11(15)18)17-13(21)16-9-4-3-7(12(19)20)5-8(9)14/h3-6,10H,1-2H3,(H2,15,18)(H,19,20)(H2,16,17,21). The molecule has 5 N–H and O–H groups in total. The van der Waals surface area contributed by atoms with Crippen molar-refractivity contribution in [3.8, 4) is 0 Å². The average molecular weight is 297 g/mol. The summed E-state index contributed by atoms with van der Waals surface area (Å²) in [7, 11) is 0. The SMILES string of the molecule is CC(C)C(NC(=O)Nc1ccc(C(=O)O)cc1F)C(N)=O. The van der Waals surface area contributed by atoms with Crippen LogP contribution >= 0.6 is 0 Å². The Hall–Kier alpha value is -2.64. The number of aromatic carboxylic acids is 1. The minimum absolute atomic E-state index is 0.204. The largest absolute Gasteiger partial charge is 0.478 e. The molecule has 114 valence electrons. The van der Waals surface area contributed by atoms with Gasteiger partial charge in [0.2, 0.25) is 5.91 Å². The first-order chi connectivity index (χ1) is 9.72. The number of hydrogen-bond donors (Lipinski definition) is 4. The predicted octanol–water partition coefficient (Wildman–Crippen LogP) is 1.16. The number of carbonyl (C=O) groups excluding carboxylic acids is 2. The van der Waals surface area contributed by atoms with E-state index in [9.17, 15) is 18.8 Å². The van der Waals surface area contributed by atoms with Gasteiger partial charge in [-0.1, -0.05) is 13.8 Å². The van der Waals surface area contributed by atoms with Crippen LogP contribution < -0.4 is 16.4 Å². The van der Waals surface area contributed by atoms with Gasteiger partial charge in [-0.05, 0) is 24.1 Å². The molecule has 0 aliphatic heterocycles. The number of hydrogen-bond acceptors (Lipinski definition) is 3. The monoisotopic (exact) mass is 297 g/mol. The van der Waals surface area contributed by atoms with E-state index in [4.69, 9.17) is 10.8 Å². The molecule has 1 rings (SSSR count). The van der Waals surface area contributed by atoms with Gasteiger partial charge in [-0.15, -0.1) is 0 Å². The highest BCUT2D eigenvalue weighted by Crippen LogP contribution is 2.16. The van der Waals surface area contributed by atoms with Crippen LogP contribution in [-0.2, 0) is 4.79 Å². The number of amides is 3. The van der Waals surface area contributed by atoms with Gasteiger partial charge in [-0.2, -0.15) is 0 Å². The van der Waals surface area contributed by atoms with E-state index in [-0.39, 0.29) is 17.2 Å². The molecule has 0 aromatic heterocycles. The first-order valence-corrected chi connectivity index (χ1v) is 6.12. The Balaban J connectivity index is 2.79. The molecule has 21 heavy (non-hydrogen) atoms. The lowest BCUT2D eigenvalue weighted by atomic mass is 10.0. The van der Waals surface area contributed by atoms with Crippen LogP contribution in [0.4, 0.5) is 14.9 Å². The molecule has 0 bridgehead atoms. The molecule has 1 aromatic rings. The first kappa shape index (κ1) is 16.4. The van der Waals surface area contributed by atoms with Crippen molar-refractivity contribution in [3.05, 3.63) is 29.6 Å². The molecule has 0 saturated heterocycles. The minimum atomic E-state index is -1.28. The number of anilines is 1. The van der Waals surface area contributed by atoms with Crippen LogP contribution in [0.5, 0.6) is 0 Å². The summed E-state index contributed by atoms with van der Waals surface area (Å²) in [6.45, 7) is 3.38. The van der Waals surface area contributed by atoms with E-state index in [2.05, 4.69) is 10.6 Å². The summed E-state index contributed by atoms with van der Waals surface area (Å²) < 4.78 is 13.6. The smallest absolute Gasteiger partial charge is 0.335 e. The van der Waals surface area contributed by atoms with Crippen molar-refractivity contribution >= 4 is 23.6 Å². The minimum Gasteiger partial charge on any atom is -0.478 e. The average Bonchev–Trinajstić information content (AvgIpc) is 2.37.